The number of carbonyl (C=O) groups is 1. The molecule has 0 spiro atoms. The molecule has 0 aromatic carbocycles. The molecule has 15 heavy (non-hydrogen) atoms. The second kappa shape index (κ2) is 4.51. The van der Waals surface area contributed by atoms with Crippen LogP contribution in [0, 0.1) is 0 Å². The summed E-state index contributed by atoms with van der Waals surface area (Å²) in [6, 6.07) is 0.379. The average molecular weight is 212 g/mol. The average Bonchev–Trinajstić information content (AvgIpc) is 2.81. The van der Waals surface area contributed by atoms with Gasteiger partial charge < -0.3 is 16.4 Å². The van der Waals surface area contributed by atoms with E-state index in [0.717, 1.165) is 12.8 Å². The highest BCUT2D eigenvalue weighted by Crippen LogP contribution is 2.18. The maximum absolute atomic E-state index is 11.3. The summed E-state index contributed by atoms with van der Waals surface area (Å²) in [7, 11) is 0. The standard InChI is InChI=1S/C10H20N4O/c1-10(2,3)14-9(11)12-6-8(15)13-7-4-5-7/h7H,4-6H2,1-3H3,(H,13,15)(H3,11,12,14). The first-order chi connectivity index (χ1) is 6.87. The van der Waals surface area contributed by atoms with Gasteiger partial charge in [-0.05, 0) is 33.6 Å². The van der Waals surface area contributed by atoms with Crippen LogP contribution in [0.2, 0.25) is 0 Å². The van der Waals surface area contributed by atoms with Crippen molar-refractivity contribution in [2.24, 2.45) is 10.7 Å². The van der Waals surface area contributed by atoms with Gasteiger partial charge in [0.05, 0.1) is 0 Å². The predicted molar refractivity (Wildman–Crippen MR) is 60.5 cm³/mol. The van der Waals surface area contributed by atoms with Gasteiger partial charge in [-0.2, -0.15) is 0 Å². The van der Waals surface area contributed by atoms with Gasteiger partial charge in [0, 0.05) is 11.6 Å². The largest absolute Gasteiger partial charge is 0.370 e. The Kier molecular flexibility index (Phi) is 3.55. The number of nitrogens with two attached hydrogens (primary N) is 1. The lowest BCUT2D eigenvalue weighted by molar-refractivity contribution is -0.119. The lowest BCUT2D eigenvalue weighted by Crippen LogP contribution is -2.45. The maximum Gasteiger partial charge on any atom is 0.242 e. The van der Waals surface area contributed by atoms with Gasteiger partial charge in [0.2, 0.25) is 5.91 Å². The molecular weight excluding hydrogens is 192 g/mol. The molecule has 1 aliphatic rings. The van der Waals surface area contributed by atoms with Crippen molar-refractivity contribution in [3.8, 4) is 0 Å². The van der Waals surface area contributed by atoms with Crippen LogP contribution in [-0.2, 0) is 4.79 Å². The Hall–Kier alpha value is -1.26. The third-order valence-corrected chi connectivity index (χ3v) is 1.84. The van der Waals surface area contributed by atoms with E-state index in [4.69, 9.17) is 5.73 Å². The monoisotopic (exact) mass is 212 g/mol. The zero-order valence-electron chi connectivity index (χ0n) is 9.63. The third kappa shape index (κ3) is 5.93. The smallest absolute Gasteiger partial charge is 0.242 e. The van der Waals surface area contributed by atoms with Gasteiger partial charge in [0.25, 0.3) is 0 Å². The van der Waals surface area contributed by atoms with Crippen molar-refractivity contribution in [1.29, 1.82) is 0 Å². The maximum atomic E-state index is 11.3. The van der Waals surface area contributed by atoms with Gasteiger partial charge in [-0.25, -0.2) is 4.99 Å². The van der Waals surface area contributed by atoms with Crippen molar-refractivity contribution in [1.82, 2.24) is 10.6 Å². The molecule has 4 N–H and O–H groups in total. The lowest BCUT2D eigenvalue weighted by Gasteiger charge is -2.20. The molecule has 5 heteroatoms. The van der Waals surface area contributed by atoms with E-state index in [2.05, 4.69) is 15.6 Å². The molecule has 0 heterocycles. The fourth-order valence-corrected chi connectivity index (χ4v) is 1.08. The number of hydrogen-bond acceptors (Lipinski definition) is 2. The van der Waals surface area contributed by atoms with Crippen LogP contribution in [0.15, 0.2) is 4.99 Å². The molecule has 1 saturated carbocycles. The number of nitrogens with zero attached hydrogens (tertiary/aromatic N) is 1. The molecule has 0 radical (unpaired) electrons. The third-order valence-electron chi connectivity index (χ3n) is 1.84. The van der Waals surface area contributed by atoms with Crippen LogP contribution >= 0.6 is 0 Å². The molecule has 1 aliphatic carbocycles. The topological polar surface area (TPSA) is 79.5 Å². The number of guanidine groups is 1. The highest BCUT2D eigenvalue weighted by molar-refractivity contribution is 5.84. The van der Waals surface area contributed by atoms with Gasteiger partial charge >= 0.3 is 0 Å². The molecule has 1 amide bonds. The fourth-order valence-electron chi connectivity index (χ4n) is 1.08. The first-order valence-electron chi connectivity index (χ1n) is 5.24. The van der Waals surface area contributed by atoms with E-state index < -0.39 is 0 Å². The summed E-state index contributed by atoms with van der Waals surface area (Å²) in [5, 5.41) is 5.83. The molecule has 0 aliphatic heterocycles. The molecule has 0 aromatic rings. The van der Waals surface area contributed by atoms with Crippen LogP contribution < -0.4 is 16.4 Å². The zero-order chi connectivity index (χ0) is 11.5. The van der Waals surface area contributed by atoms with E-state index in [0.29, 0.717) is 12.0 Å². The van der Waals surface area contributed by atoms with Gasteiger partial charge in [-0.1, -0.05) is 0 Å². The Bertz CT molecular complexity index is 263. The Morgan fingerprint density at radius 1 is 1.47 bits per heavy atom. The molecule has 86 valence electrons. The second-order valence-electron chi connectivity index (χ2n) is 4.92. The van der Waals surface area contributed by atoms with E-state index in [1.165, 1.54) is 0 Å². The second-order valence-corrected chi connectivity index (χ2v) is 4.92. The fraction of sp³-hybridized carbons (Fsp3) is 0.800. The molecule has 1 rings (SSSR count). The lowest BCUT2D eigenvalue weighted by atomic mass is 10.1. The zero-order valence-corrected chi connectivity index (χ0v) is 9.63. The molecule has 0 bridgehead atoms. The van der Waals surface area contributed by atoms with E-state index >= 15 is 0 Å². The molecule has 0 unspecified atom stereocenters. The molecular formula is C10H20N4O. The Labute approximate surface area is 90.5 Å². The van der Waals surface area contributed by atoms with Crippen LogP contribution in [0.3, 0.4) is 0 Å². The normalized spacial score (nSPS) is 17.4. The Balaban J connectivity index is 2.25. The first-order valence-corrected chi connectivity index (χ1v) is 5.24. The summed E-state index contributed by atoms with van der Waals surface area (Å²) < 4.78 is 0. The number of hydrogen-bond donors (Lipinski definition) is 3. The van der Waals surface area contributed by atoms with Crippen LogP contribution in [0.1, 0.15) is 33.6 Å². The van der Waals surface area contributed by atoms with Crippen molar-refractivity contribution < 1.29 is 4.79 Å². The van der Waals surface area contributed by atoms with E-state index in [1.54, 1.807) is 0 Å². The quantitative estimate of drug-likeness (QED) is 0.454. The van der Waals surface area contributed by atoms with E-state index in [1.807, 2.05) is 20.8 Å². The number of amides is 1. The van der Waals surface area contributed by atoms with Crippen molar-refractivity contribution in [2.45, 2.75) is 45.2 Å². The predicted octanol–water partition coefficient (Wildman–Crippen LogP) is -0.0322. The van der Waals surface area contributed by atoms with E-state index in [-0.39, 0.29) is 18.0 Å². The van der Waals surface area contributed by atoms with Gasteiger partial charge in [-0.3, -0.25) is 4.79 Å². The van der Waals surface area contributed by atoms with Crippen molar-refractivity contribution in [3.05, 3.63) is 0 Å². The summed E-state index contributed by atoms with van der Waals surface area (Å²) in [5.74, 6) is 0.254. The van der Waals surface area contributed by atoms with E-state index in [9.17, 15) is 4.79 Å². The molecule has 0 atom stereocenters. The minimum atomic E-state index is -0.124. The van der Waals surface area contributed by atoms with Crippen molar-refractivity contribution >= 4 is 11.9 Å². The molecule has 0 aromatic heterocycles. The number of carbonyl (C=O) groups excluding carboxylic acids is 1. The van der Waals surface area contributed by atoms with Crippen molar-refractivity contribution in [2.75, 3.05) is 6.54 Å². The summed E-state index contributed by atoms with van der Waals surface area (Å²) in [6.45, 7) is 6.06. The van der Waals surface area contributed by atoms with Crippen LogP contribution in [0.25, 0.3) is 0 Å². The van der Waals surface area contributed by atoms with Gasteiger partial charge in [0.15, 0.2) is 5.96 Å². The summed E-state index contributed by atoms with van der Waals surface area (Å²) in [5.41, 5.74) is 5.49. The van der Waals surface area contributed by atoms with Crippen LogP contribution in [0.5, 0.6) is 0 Å². The Morgan fingerprint density at radius 3 is 2.53 bits per heavy atom. The van der Waals surface area contributed by atoms with Gasteiger partial charge in [-0.15, -0.1) is 0 Å². The minimum Gasteiger partial charge on any atom is -0.370 e. The highest BCUT2D eigenvalue weighted by Gasteiger charge is 2.22. The van der Waals surface area contributed by atoms with Gasteiger partial charge in [0.1, 0.15) is 6.54 Å². The molecule has 5 nitrogen and oxygen atoms in total. The SMILES string of the molecule is CC(C)(C)NC(N)=NCC(=O)NC1CC1. The molecule has 0 saturated heterocycles. The van der Waals surface area contributed by atoms with Crippen molar-refractivity contribution in [3.63, 3.8) is 0 Å². The summed E-state index contributed by atoms with van der Waals surface area (Å²) in [6.07, 6.45) is 2.18. The number of aliphatic imine (C=N–C) groups is 1. The first kappa shape index (κ1) is 11.8. The Morgan fingerprint density at radius 2 is 2.07 bits per heavy atom. The number of rotatable bonds is 3. The van der Waals surface area contributed by atoms with Crippen LogP contribution in [0.4, 0.5) is 0 Å². The highest BCUT2D eigenvalue weighted by atomic mass is 16.1. The minimum absolute atomic E-state index is 0.0591. The molecule has 1 fully saturated rings. The number of nitrogens with one attached hydrogen (secondary N) is 2. The van der Waals surface area contributed by atoms with Crippen LogP contribution in [-0.4, -0.2) is 30.0 Å². The summed E-state index contributed by atoms with van der Waals surface area (Å²) >= 11 is 0. The summed E-state index contributed by atoms with van der Waals surface area (Å²) in [4.78, 5) is 15.2.